The standard InChI is InChI=1S/C15H14N2O2/c1-2-19-10-4-6-14-12(8-10)15(18)11-7-9(16)3-5-13(11)17-14/h3-8H,2,16H2,1H3,(H,17,18). The predicted molar refractivity (Wildman–Crippen MR) is 77.7 cm³/mol. The lowest BCUT2D eigenvalue weighted by atomic mass is 10.1. The Bertz CT molecular complexity index is 821. The summed E-state index contributed by atoms with van der Waals surface area (Å²) < 4.78 is 5.43. The van der Waals surface area contributed by atoms with E-state index in [1.165, 1.54) is 0 Å². The number of aromatic nitrogens is 1. The van der Waals surface area contributed by atoms with Gasteiger partial charge in [0, 0.05) is 22.0 Å². The number of fused-ring (bicyclic) bond motifs is 2. The molecule has 19 heavy (non-hydrogen) atoms. The first-order valence-electron chi connectivity index (χ1n) is 6.17. The van der Waals surface area contributed by atoms with Crippen molar-refractivity contribution < 1.29 is 4.74 Å². The van der Waals surface area contributed by atoms with Crippen LogP contribution in [0, 0.1) is 0 Å². The van der Waals surface area contributed by atoms with Crippen LogP contribution < -0.4 is 15.9 Å². The van der Waals surface area contributed by atoms with E-state index in [-0.39, 0.29) is 5.43 Å². The van der Waals surface area contributed by atoms with Crippen LogP contribution in [-0.2, 0) is 0 Å². The number of H-pyrrole nitrogens is 1. The van der Waals surface area contributed by atoms with E-state index in [2.05, 4.69) is 4.98 Å². The Morgan fingerprint density at radius 3 is 2.53 bits per heavy atom. The lowest BCUT2D eigenvalue weighted by molar-refractivity contribution is 0.340. The van der Waals surface area contributed by atoms with Gasteiger partial charge in [0.25, 0.3) is 0 Å². The first-order chi connectivity index (χ1) is 9.19. The molecule has 3 rings (SSSR count). The van der Waals surface area contributed by atoms with Gasteiger partial charge < -0.3 is 15.5 Å². The maximum Gasteiger partial charge on any atom is 0.197 e. The average Bonchev–Trinajstić information content (AvgIpc) is 2.41. The average molecular weight is 254 g/mol. The number of hydrogen-bond donors (Lipinski definition) is 2. The molecule has 1 aromatic heterocycles. The minimum Gasteiger partial charge on any atom is -0.494 e. The van der Waals surface area contributed by atoms with E-state index in [1.54, 1.807) is 18.2 Å². The number of benzene rings is 2. The van der Waals surface area contributed by atoms with Gasteiger partial charge in [0.05, 0.1) is 12.1 Å². The Balaban J connectivity index is 2.38. The summed E-state index contributed by atoms with van der Waals surface area (Å²) in [6.45, 7) is 2.49. The fraction of sp³-hybridized carbons (Fsp3) is 0.133. The second-order valence-corrected chi connectivity index (χ2v) is 4.40. The molecule has 0 aliphatic rings. The van der Waals surface area contributed by atoms with Crippen LogP contribution in [0.1, 0.15) is 6.92 Å². The van der Waals surface area contributed by atoms with E-state index in [0.29, 0.717) is 28.8 Å². The SMILES string of the molecule is CCOc1ccc2[nH]c3ccc(N)cc3c(=O)c2c1. The third kappa shape index (κ3) is 1.91. The van der Waals surface area contributed by atoms with E-state index in [0.717, 1.165) is 11.0 Å². The molecule has 0 saturated heterocycles. The summed E-state index contributed by atoms with van der Waals surface area (Å²) >= 11 is 0. The van der Waals surface area contributed by atoms with Crippen molar-refractivity contribution in [2.45, 2.75) is 6.92 Å². The van der Waals surface area contributed by atoms with Gasteiger partial charge in [0.2, 0.25) is 0 Å². The zero-order valence-corrected chi connectivity index (χ0v) is 10.6. The Morgan fingerprint density at radius 2 is 1.79 bits per heavy atom. The minimum atomic E-state index is -0.0300. The van der Waals surface area contributed by atoms with Crippen molar-refractivity contribution >= 4 is 27.5 Å². The molecule has 0 aliphatic carbocycles. The van der Waals surface area contributed by atoms with Crippen molar-refractivity contribution in [1.82, 2.24) is 4.98 Å². The van der Waals surface area contributed by atoms with Gasteiger partial charge in [0.15, 0.2) is 5.43 Å². The van der Waals surface area contributed by atoms with Gasteiger partial charge in [-0.05, 0) is 43.3 Å². The zero-order valence-electron chi connectivity index (χ0n) is 10.6. The number of rotatable bonds is 2. The fourth-order valence-corrected chi connectivity index (χ4v) is 2.23. The van der Waals surface area contributed by atoms with Crippen molar-refractivity contribution in [3.63, 3.8) is 0 Å². The van der Waals surface area contributed by atoms with Crippen LogP contribution in [0.3, 0.4) is 0 Å². The highest BCUT2D eigenvalue weighted by Crippen LogP contribution is 2.21. The van der Waals surface area contributed by atoms with Gasteiger partial charge >= 0.3 is 0 Å². The summed E-state index contributed by atoms with van der Waals surface area (Å²) in [7, 11) is 0. The van der Waals surface area contributed by atoms with Gasteiger partial charge in [-0.2, -0.15) is 0 Å². The van der Waals surface area contributed by atoms with Gasteiger partial charge in [-0.15, -0.1) is 0 Å². The van der Waals surface area contributed by atoms with Crippen LogP contribution in [0.2, 0.25) is 0 Å². The zero-order chi connectivity index (χ0) is 13.4. The van der Waals surface area contributed by atoms with E-state index >= 15 is 0 Å². The van der Waals surface area contributed by atoms with Gasteiger partial charge in [-0.25, -0.2) is 0 Å². The number of nitrogens with one attached hydrogen (secondary N) is 1. The highest BCUT2D eigenvalue weighted by Gasteiger charge is 2.06. The van der Waals surface area contributed by atoms with Crippen LogP contribution in [0.4, 0.5) is 5.69 Å². The van der Waals surface area contributed by atoms with Crippen LogP contribution >= 0.6 is 0 Å². The van der Waals surface area contributed by atoms with Crippen LogP contribution in [0.25, 0.3) is 21.8 Å². The molecule has 0 fully saturated rings. The van der Waals surface area contributed by atoms with Crippen molar-refractivity contribution in [3.05, 3.63) is 46.6 Å². The van der Waals surface area contributed by atoms with E-state index in [4.69, 9.17) is 10.5 Å². The monoisotopic (exact) mass is 254 g/mol. The quantitative estimate of drug-likeness (QED) is 0.545. The minimum absolute atomic E-state index is 0.0300. The molecule has 1 heterocycles. The number of anilines is 1. The lowest BCUT2D eigenvalue weighted by Crippen LogP contribution is -2.05. The molecule has 0 spiro atoms. The Morgan fingerprint density at radius 1 is 1.11 bits per heavy atom. The second kappa shape index (κ2) is 4.31. The molecule has 3 N–H and O–H groups in total. The molecule has 0 aliphatic heterocycles. The fourth-order valence-electron chi connectivity index (χ4n) is 2.23. The molecule has 2 aromatic carbocycles. The number of aromatic amines is 1. The maximum absolute atomic E-state index is 12.5. The highest BCUT2D eigenvalue weighted by atomic mass is 16.5. The van der Waals surface area contributed by atoms with Crippen LogP contribution in [0.15, 0.2) is 41.2 Å². The molecule has 0 amide bonds. The molecule has 0 unspecified atom stereocenters. The Kier molecular flexibility index (Phi) is 2.63. The molecule has 4 nitrogen and oxygen atoms in total. The summed E-state index contributed by atoms with van der Waals surface area (Å²) in [5.74, 6) is 0.698. The summed E-state index contributed by atoms with van der Waals surface area (Å²) in [5.41, 5.74) is 7.87. The topological polar surface area (TPSA) is 68.1 Å². The van der Waals surface area contributed by atoms with Crippen LogP contribution in [-0.4, -0.2) is 11.6 Å². The maximum atomic E-state index is 12.5. The number of pyridine rings is 1. The molecule has 4 heteroatoms. The van der Waals surface area contributed by atoms with Crippen molar-refractivity contribution in [2.24, 2.45) is 0 Å². The molecule has 96 valence electrons. The molecule has 3 aromatic rings. The van der Waals surface area contributed by atoms with E-state index < -0.39 is 0 Å². The number of nitrogen functional groups attached to an aromatic ring is 1. The molecular weight excluding hydrogens is 240 g/mol. The second-order valence-electron chi connectivity index (χ2n) is 4.40. The third-order valence-electron chi connectivity index (χ3n) is 3.10. The van der Waals surface area contributed by atoms with Gasteiger partial charge in [-0.1, -0.05) is 0 Å². The third-order valence-corrected chi connectivity index (χ3v) is 3.10. The first-order valence-corrected chi connectivity index (χ1v) is 6.17. The van der Waals surface area contributed by atoms with Crippen molar-refractivity contribution in [3.8, 4) is 5.75 Å². The molecule has 0 atom stereocenters. The van der Waals surface area contributed by atoms with Crippen molar-refractivity contribution in [2.75, 3.05) is 12.3 Å². The summed E-state index contributed by atoms with van der Waals surface area (Å²) in [6, 6.07) is 10.8. The lowest BCUT2D eigenvalue weighted by Gasteiger charge is -2.06. The highest BCUT2D eigenvalue weighted by molar-refractivity contribution is 5.94. The largest absolute Gasteiger partial charge is 0.494 e. The normalized spacial score (nSPS) is 11.0. The molecular formula is C15H14N2O2. The van der Waals surface area contributed by atoms with Gasteiger partial charge in [0.1, 0.15) is 5.75 Å². The van der Waals surface area contributed by atoms with E-state index in [1.807, 2.05) is 25.1 Å². The predicted octanol–water partition coefficient (Wildman–Crippen LogP) is 2.66. The van der Waals surface area contributed by atoms with Crippen LogP contribution in [0.5, 0.6) is 5.75 Å². The summed E-state index contributed by atoms with van der Waals surface area (Å²) in [5, 5.41) is 1.21. The Hall–Kier alpha value is -2.49. The molecule has 0 saturated carbocycles. The van der Waals surface area contributed by atoms with E-state index in [9.17, 15) is 4.79 Å². The van der Waals surface area contributed by atoms with Crippen molar-refractivity contribution in [1.29, 1.82) is 0 Å². The summed E-state index contributed by atoms with van der Waals surface area (Å²) in [4.78, 5) is 15.7. The smallest absolute Gasteiger partial charge is 0.197 e. The summed E-state index contributed by atoms with van der Waals surface area (Å²) in [6.07, 6.45) is 0. The first kappa shape index (κ1) is 11.6. The number of hydrogen-bond acceptors (Lipinski definition) is 3. The molecule has 0 radical (unpaired) electrons. The molecule has 0 bridgehead atoms. The van der Waals surface area contributed by atoms with Gasteiger partial charge in [-0.3, -0.25) is 4.79 Å². The number of ether oxygens (including phenoxy) is 1. The Labute approximate surface area is 109 Å². The number of nitrogens with two attached hydrogens (primary N) is 1.